The van der Waals surface area contributed by atoms with Crippen molar-refractivity contribution in [2.24, 2.45) is 0 Å². The molecule has 1 aliphatic heterocycles. The quantitative estimate of drug-likeness (QED) is 0.567. The molecule has 2 rings (SSSR count). The maximum absolute atomic E-state index is 13.6. The van der Waals surface area contributed by atoms with Crippen LogP contribution in [0.4, 0.5) is 4.39 Å². The predicted molar refractivity (Wildman–Crippen MR) is 53.5 cm³/mol. The van der Waals surface area contributed by atoms with Gasteiger partial charge in [0.1, 0.15) is 5.75 Å². The van der Waals surface area contributed by atoms with E-state index in [1.165, 1.54) is 0 Å². The zero-order valence-electron chi connectivity index (χ0n) is 6.39. The Morgan fingerprint density at radius 1 is 1.50 bits per heavy atom. The summed E-state index contributed by atoms with van der Waals surface area (Å²) in [4.78, 5) is 0. The maximum Gasteiger partial charge on any atom is 0.261 e. The monoisotopic (exact) mass is 278 g/mol. The number of alkyl halides is 2. The van der Waals surface area contributed by atoms with Crippen molar-refractivity contribution in [2.75, 3.05) is 4.43 Å². The zero-order valence-corrected chi connectivity index (χ0v) is 8.55. The summed E-state index contributed by atoms with van der Waals surface area (Å²) in [6, 6.07) is 7.48. The first-order chi connectivity index (χ1) is 5.73. The molecule has 0 N–H and O–H groups in total. The molecule has 0 bridgehead atoms. The van der Waals surface area contributed by atoms with E-state index in [9.17, 15) is 4.39 Å². The summed E-state index contributed by atoms with van der Waals surface area (Å²) in [5.41, 5.74) is 0.969. The summed E-state index contributed by atoms with van der Waals surface area (Å²) >= 11 is 2.00. The number of benzene rings is 1. The topological polar surface area (TPSA) is 9.23 Å². The Balaban J connectivity index is 2.33. The predicted octanol–water partition coefficient (Wildman–Crippen LogP) is 2.72. The van der Waals surface area contributed by atoms with E-state index < -0.39 is 5.85 Å². The molecule has 0 saturated heterocycles. The second-order valence-electron chi connectivity index (χ2n) is 2.90. The van der Waals surface area contributed by atoms with E-state index in [4.69, 9.17) is 4.74 Å². The van der Waals surface area contributed by atoms with Gasteiger partial charge < -0.3 is 4.74 Å². The zero-order chi connectivity index (χ0) is 8.60. The van der Waals surface area contributed by atoms with Crippen molar-refractivity contribution in [3.63, 3.8) is 0 Å². The van der Waals surface area contributed by atoms with Crippen molar-refractivity contribution in [2.45, 2.75) is 12.3 Å². The molecule has 0 fully saturated rings. The summed E-state index contributed by atoms with van der Waals surface area (Å²) in [6.45, 7) is 0. The van der Waals surface area contributed by atoms with Gasteiger partial charge in [-0.15, -0.1) is 0 Å². The minimum absolute atomic E-state index is 0.374. The fourth-order valence-electron chi connectivity index (χ4n) is 1.34. The smallest absolute Gasteiger partial charge is 0.261 e. The number of halogens is 2. The number of para-hydroxylation sites is 1. The van der Waals surface area contributed by atoms with Gasteiger partial charge in [0.15, 0.2) is 0 Å². The van der Waals surface area contributed by atoms with Gasteiger partial charge in [0, 0.05) is 12.0 Å². The molecule has 12 heavy (non-hydrogen) atoms. The maximum atomic E-state index is 13.6. The largest absolute Gasteiger partial charge is 0.456 e. The van der Waals surface area contributed by atoms with E-state index in [1.54, 1.807) is 0 Å². The van der Waals surface area contributed by atoms with Crippen molar-refractivity contribution in [3.05, 3.63) is 29.8 Å². The van der Waals surface area contributed by atoms with Crippen LogP contribution in [0, 0.1) is 0 Å². The van der Waals surface area contributed by atoms with Crippen LogP contribution in [0.5, 0.6) is 5.75 Å². The van der Waals surface area contributed by atoms with Crippen LogP contribution in [0.1, 0.15) is 5.56 Å². The van der Waals surface area contributed by atoms with E-state index in [-0.39, 0.29) is 0 Å². The van der Waals surface area contributed by atoms with Crippen LogP contribution in [0.15, 0.2) is 24.3 Å². The molecular weight excluding hydrogens is 270 g/mol. The van der Waals surface area contributed by atoms with Gasteiger partial charge in [0.25, 0.3) is 5.85 Å². The molecule has 1 heterocycles. The number of hydrogen-bond acceptors (Lipinski definition) is 1. The van der Waals surface area contributed by atoms with Crippen LogP contribution in [-0.2, 0) is 6.42 Å². The Labute approximate surface area is 84.1 Å². The number of ether oxygens (including phenoxy) is 1. The van der Waals surface area contributed by atoms with Crippen molar-refractivity contribution in [1.82, 2.24) is 0 Å². The molecule has 1 atom stereocenters. The third-order valence-corrected chi connectivity index (χ3v) is 3.06. The Bertz CT molecular complexity index is 275. The minimum atomic E-state index is -1.47. The molecule has 3 heteroatoms. The summed E-state index contributed by atoms with van der Waals surface area (Å²) in [5, 5.41) is 0. The highest BCUT2D eigenvalue weighted by Crippen LogP contribution is 2.36. The van der Waals surface area contributed by atoms with Crippen molar-refractivity contribution in [1.29, 1.82) is 0 Å². The number of fused-ring (bicyclic) bond motifs is 1. The molecule has 1 unspecified atom stereocenters. The molecule has 1 aromatic rings. The van der Waals surface area contributed by atoms with E-state index in [0.717, 1.165) is 5.56 Å². The molecule has 64 valence electrons. The van der Waals surface area contributed by atoms with E-state index >= 15 is 0 Å². The normalized spacial score (nSPS) is 26.5. The minimum Gasteiger partial charge on any atom is -0.456 e. The first-order valence-corrected chi connectivity index (χ1v) is 5.28. The lowest BCUT2D eigenvalue weighted by Gasteiger charge is -2.15. The van der Waals surface area contributed by atoms with Gasteiger partial charge in [-0.3, -0.25) is 0 Å². The Kier molecular flexibility index (Phi) is 1.98. The third kappa shape index (κ3) is 1.30. The van der Waals surface area contributed by atoms with Gasteiger partial charge in [-0.1, -0.05) is 40.8 Å². The van der Waals surface area contributed by atoms with Crippen molar-refractivity contribution < 1.29 is 9.13 Å². The summed E-state index contributed by atoms with van der Waals surface area (Å²) < 4.78 is 19.1. The second kappa shape index (κ2) is 2.87. The van der Waals surface area contributed by atoms with Gasteiger partial charge in [-0.25, -0.2) is 0 Å². The van der Waals surface area contributed by atoms with Crippen molar-refractivity contribution in [3.8, 4) is 5.75 Å². The number of hydrogen-bond donors (Lipinski definition) is 0. The average Bonchev–Trinajstić information content (AvgIpc) is 2.42. The molecule has 0 aromatic heterocycles. The van der Waals surface area contributed by atoms with Gasteiger partial charge in [0.2, 0.25) is 0 Å². The average molecular weight is 278 g/mol. The molecule has 0 saturated carbocycles. The SMILES string of the molecule is FC1(CI)Cc2ccccc2O1. The summed E-state index contributed by atoms with van der Waals surface area (Å²) in [7, 11) is 0. The van der Waals surface area contributed by atoms with E-state index in [0.29, 0.717) is 16.6 Å². The summed E-state index contributed by atoms with van der Waals surface area (Å²) in [6.07, 6.45) is 0.381. The highest BCUT2D eigenvalue weighted by molar-refractivity contribution is 14.1. The van der Waals surface area contributed by atoms with Gasteiger partial charge in [-0.05, 0) is 6.07 Å². The second-order valence-corrected chi connectivity index (χ2v) is 3.67. The number of rotatable bonds is 1. The third-order valence-electron chi connectivity index (χ3n) is 1.92. The van der Waals surface area contributed by atoms with Crippen LogP contribution in [0.25, 0.3) is 0 Å². The van der Waals surface area contributed by atoms with E-state index in [2.05, 4.69) is 0 Å². The Morgan fingerprint density at radius 3 is 2.92 bits per heavy atom. The lowest BCUT2D eigenvalue weighted by atomic mass is 10.1. The standard InChI is InChI=1S/C9H8FIO/c10-9(6-11)5-7-3-1-2-4-8(7)12-9/h1-4H,5-6H2. The fraction of sp³-hybridized carbons (Fsp3) is 0.333. The summed E-state index contributed by atoms with van der Waals surface area (Å²) in [5.74, 6) is -0.777. The van der Waals surface area contributed by atoms with Crippen LogP contribution >= 0.6 is 22.6 Å². The highest BCUT2D eigenvalue weighted by Gasteiger charge is 2.37. The molecule has 0 radical (unpaired) electrons. The molecule has 1 nitrogen and oxygen atoms in total. The highest BCUT2D eigenvalue weighted by atomic mass is 127. The molecule has 0 aliphatic carbocycles. The Morgan fingerprint density at radius 2 is 2.25 bits per heavy atom. The fourth-order valence-corrected chi connectivity index (χ4v) is 1.77. The molecular formula is C9H8FIO. The van der Waals surface area contributed by atoms with Crippen LogP contribution < -0.4 is 4.74 Å². The van der Waals surface area contributed by atoms with Crippen LogP contribution in [0.2, 0.25) is 0 Å². The first kappa shape index (κ1) is 8.29. The van der Waals surface area contributed by atoms with Crippen molar-refractivity contribution >= 4 is 22.6 Å². The van der Waals surface area contributed by atoms with Crippen LogP contribution in [-0.4, -0.2) is 10.3 Å². The van der Waals surface area contributed by atoms with Gasteiger partial charge in [0.05, 0.1) is 4.43 Å². The van der Waals surface area contributed by atoms with Gasteiger partial charge in [-0.2, -0.15) is 4.39 Å². The van der Waals surface area contributed by atoms with E-state index in [1.807, 2.05) is 46.9 Å². The van der Waals surface area contributed by atoms with Crippen LogP contribution in [0.3, 0.4) is 0 Å². The molecule has 1 aliphatic rings. The lowest BCUT2D eigenvalue weighted by molar-refractivity contribution is -0.0156. The first-order valence-electron chi connectivity index (χ1n) is 3.75. The van der Waals surface area contributed by atoms with Gasteiger partial charge >= 0.3 is 0 Å². The Hall–Kier alpha value is -0.320. The lowest BCUT2D eigenvalue weighted by Crippen LogP contribution is -2.29. The molecule has 0 amide bonds. The molecule has 1 aromatic carbocycles. The molecule has 0 spiro atoms.